The van der Waals surface area contributed by atoms with Crippen LogP contribution in [0.15, 0.2) is 0 Å². The quantitative estimate of drug-likeness (QED) is 0.434. The Morgan fingerprint density at radius 3 is 1.14 bits per heavy atom. The van der Waals surface area contributed by atoms with E-state index < -0.39 is 7.92 Å². The highest BCUT2D eigenvalue weighted by Crippen LogP contribution is 2.28. The summed E-state index contributed by atoms with van der Waals surface area (Å²) in [6.07, 6.45) is 0. The van der Waals surface area contributed by atoms with Crippen molar-refractivity contribution in [1.82, 2.24) is 0 Å². The van der Waals surface area contributed by atoms with Gasteiger partial charge >= 0.3 is 0 Å². The van der Waals surface area contributed by atoms with Crippen LogP contribution in [-0.4, -0.2) is 0 Å². The fourth-order valence-electron chi connectivity index (χ4n) is 0.0671. The van der Waals surface area contributed by atoms with Crippen LogP contribution in [0.2, 0.25) is 0 Å². The Kier molecular flexibility index (Phi) is 2.62. The summed E-state index contributed by atoms with van der Waals surface area (Å²) in [5, 5.41) is 23.6. The Labute approximate surface area is 42.1 Å². The van der Waals surface area contributed by atoms with E-state index in [-0.39, 0.29) is 0 Å². The zero-order valence-electron chi connectivity index (χ0n) is 3.29. The highest BCUT2D eigenvalue weighted by Gasteiger charge is 1.98. The second-order valence-electron chi connectivity index (χ2n) is 0.635. The van der Waals surface area contributed by atoms with E-state index >= 15 is 0 Å². The van der Waals surface area contributed by atoms with Gasteiger partial charge in [0.25, 0.3) is 0 Å². The van der Waals surface area contributed by atoms with Crippen molar-refractivity contribution in [2.75, 3.05) is 0 Å². The van der Waals surface area contributed by atoms with Crippen molar-refractivity contribution in [1.29, 1.82) is 15.8 Å². The molecule has 3 nitrogen and oxygen atoms in total. The summed E-state index contributed by atoms with van der Waals surface area (Å²) in [5.41, 5.74) is 0. The molecule has 0 radical (unpaired) electrons. The molecule has 0 aliphatic carbocycles. The summed E-state index contributed by atoms with van der Waals surface area (Å²) in [6.45, 7) is 0. The molecule has 4 heteroatoms. The Morgan fingerprint density at radius 2 is 1.14 bits per heavy atom. The van der Waals surface area contributed by atoms with Crippen molar-refractivity contribution in [3.63, 3.8) is 0 Å². The molecule has 0 bridgehead atoms. The molecule has 0 saturated heterocycles. The maximum Gasteiger partial charge on any atom is 0.216 e. The van der Waals surface area contributed by atoms with E-state index in [4.69, 9.17) is 15.8 Å². The predicted octanol–water partition coefficient (Wildman–Crippen LogP) is 0.912. The average molecular weight is 109 g/mol. The van der Waals surface area contributed by atoms with Crippen LogP contribution in [-0.2, 0) is 0 Å². The molecule has 0 spiro atoms. The van der Waals surface area contributed by atoms with Gasteiger partial charge in [0.05, 0.1) is 0 Å². The first-order valence-corrected chi connectivity index (χ1v) is 2.68. The van der Waals surface area contributed by atoms with E-state index in [2.05, 4.69) is 0 Å². The van der Waals surface area contributed by atoms with Crippen LogP contribution in [0.5, 0.6) is 0 Å². The Bertz CT molecular complexity index is 133. The number of nitriles is 3. The van der Waals surface area contributed by atoms with E-state index in [0.717, 1.165) is 0 Å². The van der Waals surface area contributed by atoms with E-state index in [9.17, 15) is 0 Å². The third kappa shape index (κ3) is 1.72. The van der Waals surface area contributed by atoms with Gasteiger partial charge in [-0.15, -0.1) is 0 Å². The van der Waals surface area contributed by atoms with E-state index in [1.807, 2.05) is 0 Å². The number of hydrogen-bond donors (Lipinski definition) is 0. The minimum absolute atomic E-state index is 1.54. The normalized spacial score (nSPS) is 6.00. The van der Waals surface area contributed by atoms with Gasteiger partial charge in [-0.2, -0.15) is 15.8 Å². The third-order valence-electron chi connectivity index (χ3n) is 0.300. The Hall–Kier alpha value is -1.10. The largest absolute Gasteiger partial charge is 0.216 e. The minimum atomic E-state index is -1.64. The summed E-state index contributed by atoms with van der Waals surface area (Å²) < 4.78 is 0. The molecule has 0 rings (SSSR count). The lowest BCUT2D eigenvalue weighted by molar-refractivity contribution is 1.54. The first-order chi connectivity index (χ1) is 3.35. The predicted molar refractivity (Wildman–Crippen MR) is 23.8 cm³/mol. The molecule has 0 atom stereocenters. The zero-order chi connectivity index (χ0) is 5.70. The lowest BCUT2D eigenvalue weighted by Crippen LogP contribution is -1.49. The Balaban J connectivity index is 3.82. The number of rotatable bonds is 0. The Morgan fingerprint density at radius 1 is 0.857 bits per heavy atom. The van der Waals surface area contributed by atoms with Gasteiger partial charge in [0.1, 0.15) is 17.4 Å². The summed E-state index contributed by atoms with van der Waals surface area (Å²) >= 11 is 0. The van der Waals surface area contributed by atoms with Gasteiger partial charge in [-0.05, 0) is 0 Å². The topological polar surface area (TPSA) is 71.4 Å². The molecule has 0 aromatic carbocycles. The molecule has 0 aromatic rings. The van der Waals surface area contributed by atoms with Crippen LogP contribution in [0.1, 0.15) is 0 Å². The van der Waals surface area contributed by atoms with Gasteiger partial charge < -0.3 is 0 Å². The molecule has 0 saturated carbocycles. The second-order valence-corrected chi connectivity index (χ2v) is 1.91. The third-order valence-corrected chi connectivity index (χ3v) is 0.900. The van der Waals surface area contributed by atoms with Crippen molar-refractivity contribution in [2.24, 2.45) is 0 Å². The fraction of sp³-hybridized carbons (Fsp3) is 0. The van der Waals surface area contributed by atoms with E-state index in [1.54, 1.807) is 17.4 Å². The van der Waals surface area contributed by atoms with E-state index in [0.29, 0.717) is 0 Å². The first-order valence-electron chi connectivity index (χ1n) is 1.34. The lowest BCUT2D eigenvalue weighted by Gasteiger charge is -1.68. The summed E-state index contributed by atoms with van der Waals surface area (Å²) in [6, 6.07) is 0. The maximum atomic E-state index is 7.86. The van der Waals surface area contributed by atoms with Gasteiger partial charge in [-0.25, -0.2) is 0 Å². The minimum Gasteiger partial charge on any atom is -0.191 e. The van der Waals surface area contributed by atoms with Crippen molar-refractivity contribution in [3.05, 3.63) is 0 Å². The van der Waals surface area contributed by atoms with Crippen LogP contribution in [0.4, 0.5) is 0 Å². The molecule has 0 N–H and O–H groups in total. The number of nitrogens with zero attached hydrogens (tertiary/aromatic N) is 3. The van der Waals surface area contributed by atoms with E-state index in [1.165, 1.54) is 0 Å². The average Bonchev–Trinajstić information content (AvgIpc) is 1.72. The van der Waals surface area contributed by atoms with Gasteiger partial charge in [-0.3, -0.25) is 0 Å². The van der Waals surface area contributed by atoms with Gasteiger partial charge in [-0.1, -0.05) is 0 Å². The highest BCUT2D eigenvalue weighted by atomic mass is 31.1. The molecule has 0 aliphatic rings. The monoisotopic (exact) mass is 109 g/mol. The molecule has 0 heterocycles. The van der Waals surface area contributed by atoms with Crippen molar-refractivity contribution < 1.29 is 0 Å². The summed E-state index contributed by atoms with van der Waals surface area (Å²) in [4.78, 5) is 0. The molecule has 0 unspecified atom stereocenters. The lowest BCUT2D eigenvalue weighted by atomic mass is 11.7. The summed E-state index contributed by atoms with van der Waals surface area (Å²) in [5.74, 6) is 4.63. The SMILES string of the molecule is N#CP(C#N)C#N. The molecule has 0 aliphatic heterocycles. The molecule has 7 heavy (non-hydrogen) atoms. The molecule has 0 aromatic heterocycles. The standard InChI is InChI=1S/C3N3P/c4-1-7(2-5)3-6. The van der Waals surface area contributed by atoms with Gasteiger partial charge in [0.2, 0.25) is 7.92 Å². The van der Waals surface area contributed by atoms with Crippen LogP contribution in [0.3, 0.4) is 0 Å². The second kappa shape index (κ2) is 3.10. The molecular formula is C3N3P. The van der Waals surface area contributed by atoms with Crippen LogP contribution < -0.4 is 0 Å². The molecule has 0 amide bonds. The van der Waals surface area contributed by atoms with Crippen molar-refractivity contribution in [2.45, 2.75) is 0 Å². The molecular weight excluding hydrogens is 109 g/mol. The van der Waals surface area contributed by atoms with Crippen LogP contribution in [0, 0.1) is 33.2 Å². The molecule has 0 fully saturated rings. The fourth-order valence-corrected chi connectivity index (χ4v) is 0.201. The first kappa shape index (κ1) is 5.90. The van der Waals surface area contributed by atoms with Crippen molar-refractivity contribution in [3.8, 4) is 17.4 Å². The smallest absolute Gasteiger partial charge is 0.191 e. The highest BCUT2D eigenvalue weighted by molar-refractivity contribution is 7.72. The van der Waals surface area contributed by atoms with Gasteiger partial charge in [0.15, 0.2) is 0 Å². The molecule has 32 valence electrons. The zero-order valence-corrected chi connectivity index (χ0v) is 4.18. The van der Waals surface area contributed by atoms with Crippen molar-refractivity contribution >= 4 is 7.92 Å². The van der Waals surface area contributed by atoms with Crippen LogP contribution in [0.25, 0.3) is 0 Å². The van der Waals surface area contributed by atoms with Gasteiger partial charge in [0, 0.05) is 0 Å². The maximum absolute atomic E-state index is 7.86. The number of hydrogen-bond acceptors (Lipinski definition) is 3. The summed E-state index contributed by atoms with van der Waals surface area (Å²) in [7, 11) is -1.64. The van der Waals surface area contributed by atoms with Crippen LogP contribution >= 0.6 is 7.92 Å².